The Kier molecular flexibility index (Phi) is 96.5. The molecule has 0 spiro atoms. The van der Waals surface area contributed by atoms with Crippen molar-refractivity contribution in [2.24, 2.45) is 10.8 Å². The first kappa shape index (κ1) is 47.5. The zero-order chi connectivity index (χ0) is 25.1. The molecule has 0 aromatic heterocycles. The van der Waals surface area contributed by atoms with Crippen LogP contribution in [0.25, 0.3) is 0 Å². The van der Waals surface area contributed by atoms with Crippen LogP contribution >= 0.6 is 0 Å². The van der Waals surface area contributed by atoms with Crippen molar-refractivity contribution < 1.29 is 0 Å². The van der Waals surface area contributed by atoms with Crippen LogP contribution in [0.1, 0.15) is 0 Å². The van der Waals surface area contributed by atoms with Crippen molar-refractivity contribution >= 4 is 109 Å². The summed E-state index contributed by atoms with van der Waals surface area (Å²) in [4.78, 5) is 0. The Labute approximate surface area is 214 Å². The zero-order valence-corrected chi connectivity index (χ0v) is 28.7. The molecule has 0 atom stereocenters. The summed E-state index contributed by atoms with van der Waals surface area (Å²) in [5.74, 6) is 0. The highest BCUT2D eigenvalue weighted by molar-refractivity contribution is 6.53. The van der Waals surface area contributed by atoms with Gasteiger partial charge in [-0.15, -0.1) is 72.0 Å². The van der Waals surface area contributed by atoms with Crippen LogP contribution in [0.15, 0.2) is 0 Å². The second-order valence-electron chi connectivity index (χ2n) is 2.61. The molecule has 0 saturated carbocycles. The lowest BCUT2D eigenvalue weighted by molar-refractivity contribution is 1.17. The van der Waals surface area contributed by atoms with Crippen LogP contribution in [-0.4, -0.2) is 117 Å². The Morgan fingerprint density at radius 3 is 0.548 bits per heavy atom. The third-order valence-electron chi connectivity index (χ3n) is 1.06. The third kappa shape index (κ3) is 94.6. The Balaban J connectivity index is -0.0000000456. The van der Waals surface area contributed by atoms with Crippen molar-refractivity contribution in [1.29, 1.82) is 0 Å². The minimum Gasteiger partial charge on any atom is -0.396 e. The smallest absolute Gasteiger partial charge is 0.121 e. The first-order valence-electron chi connectivity index (χ1n) is 6.38. The first-order valence-corrected chi connectivity index (χ1v) is 19.1. The van der Waals surface area contributed by atoms with Gasteiger partial charge >= 0.3 is 0 Å². The van der Waals surface area contributed by atoms with Crippen molar-refractivity contribution in [1.82, 2.24) is 23.2 Å². The minimum absolute atomic E-state index is 0. The van der Waals surface area contributed by atoms with E-state index in [1.54, 1.807) is 7.79 Å². The zero-order valence-electron chi connectivity index (χ0n) is 16.7. The standard InChI is InChI=1S/2C3H3NSi3.2C2H3NSi2.2CH3NSi.H3N/c2*1-5-4(6-2)7-3;2*1-4-3-5-2;2*1-3-2;/h2*1-3H;2*1-3H;2*1H,2H2;1H3. The summed E-state index contributed by atoms with van der Waals surface area (Å²) in [7, 11) is 2.89. The molecule has 0 bridgehead atoms. The Morgan fingerprint density at radius 1 is 0.419 bits per heavy atom. The first-order chi connectivity index (χ1) is 14.3. The van der Waals surface area contributed by atoms with Gasteiger partial charge in [-0.3, -0.25) is 0 Å². The Morgan fingerprint density at radius 2 is 0.548 bits per heavy atom. The molecule has 0 fully saturated rings. The maximum Gasteiger partial charge on any atom is 0.121 e. The van der Waals surface area contributed by atoms with Crippen molar-refractivity contribution in [2.75, 3.05) is 0 Å². The van der Waals surface area contributed by atoms with Gasteiger partial charge in [0.05, 0.1) is 0 Å². The molecular formula is C12H21N7Si12. The van der Waals surface area contributed by atoms with Crippen LogP contribution in [0.4, 0.5) is 0 Å². The number of nitrogens with one attached hydrogen (secondary N) is 2. The van der Waals surface area contributed by atoms with E-state index < -0.39 is 0 Å². The van der Waals surface area contributed by atoms with Gasteiger partial charge < -0.3 is 34.0 Å². The van der Waals surface area contributed by atoms with Crippen LogP contribution in [0.5, 0.6) is 0 Å². The highest BCUT2D eigenvalue weighted by Gasteiger charge is 1.76. The molecule has 0 aliphatic rings. The van der Waals surface area contributed by atoms with E-state index in [0.717, 1.165) is 0 Å². The maximum absolute atomic E-state index is 5.20. The van der Waals surface area contributed by atoms with Crippen molar-refractivity contribution in [3.05, 3.63) is 0 Å². The van der Waals surface area contributed by atoms with E-state index in [1.807, 2.05) is 0 Å². The summed E-state index contributed by atoms with van der Waals surface area (Å²) in [5.41, 5.74) is 0. The molecule has 0 radical (unpaired) electrons. The molecular weight excluding hydrogens is 579 g/mol. The van der Waals surface area contributed by atoms with Gasteiger partial charge in [0.25, 0.3) is 0 Å². The Hall–Kier alpha value is -1.28. The van der Waals surface area contributed by atoms with E-state index in [0.29, 0.717) is 36.5 Å². The lowest BCUT2D eigenvalue weighted by atomic mass is 12.0. The second-order valence-corrected chi connectivity index (χ2v) is 13.3. The normalized spacial score (nSPS) is 3.74. The molecule has 0 rings (SSSR count). The van der Waals surface area contributed by atoms with E-state index in [9.17, 15) is 0 Å². The number of hydrogen-bond donors (Lipinski definition) is 5. The van der Waals surface area contributed by atoms with Gasteiger partial charge in [0, 0.05) is 0 Å². The molecule has 0 aliphatic heterocycles. The topological polar surface area (TPSA) is 118 Å². The van der Waals surface area contributed by atoms with Gasteiger partial charge in [-0.25, -0.2) is 0 Å². The molecule has 0 heterocycles. The number of nitrogens with zero attached hydrogens (tertiary/aromatic N) is 2. The molecule has 0 aromatic carbocycles. The summed E-state index contributed by atoms with van der Waals surface area (Å²) in [6.07, 6.45) is 0. The summed E-state index contributed by atoms with van der Waals surface area (Å²) in [5, 5.41) is 9.31. The highest BCUT2D eigenvalue weighted by atomic mass is 28.3. The van der Waals surface area contributed by atoms with E-state index in [-0.39, 0.29) is 79.1 Å². The summed E-state index contributed by atoms with van der Waals surface area (Å²) in [6, 6.07) is 60.4. The number of hydrogen-bond acceptors (Lipinski definition) is 7. The third-order valence-corrected chi connectivity index (χ3v) is 9.57. The fraction of sp³-hybridized carbons (Fsp3) is 0. The largest absolute Gasteiger partial charge is 0.396 e. The van der Waals surface area contributed by atoms with Gasteiger partial charge in [0.1, 0.15) is 109 Å². The number of nitrogens with two attached hydrogens (primary N) is 2. The molecule has 0 aromatic rings. The molecule has 9 N–H and O–H groups in total. The lowest BCUT2D eigenvalue weighted by Crippen LogP contribution is -2.16. The molecule has 0 aliphatic carbocycles. The SMILES string of the molecule is C#[Si]N.C#[Si]N.C#[Si]N([Si]#C)[Si]#C.C#[Si]N([Si]#C)[Si]#C.C#[Si]N[Si]#C.C#[Si]N[Si]#C.N. The highest BCUT2D eigenvalue weighted by Crippen LogP contribution is 1.50. The van der Waals surface area contributed by atoms with Gasteiger partial charge in [-0.1, -0.05) is 0 Å². The quantitative estimate of drug-likeness (QED) is 0.176. The van der Waals surface area contributed by atoms with Crippen LogP contribution < -0.4 is 26.2 Å². The Bertz CT molecular complexity index is 775. The molecule has 0 unspecified atom stereocenters. The summed E-state index contributed by atoms with van der Waals surface area (Å²) < 4.78 is 9.03. The second kappa shape index (κ2) is 63.0. The molecule has 19 heteroatoms. The van der Waals surface area contributed by atoms with Gasteiger partial charge in [0.2, 0.25) is 0 Å². The number of rotatable bonds is 0. The fourth-order valence-electron chi connectivity index (χ4n) is 0.307. The van der Waals surface area contributed by atoms with Gasteiger partial charge in [-0.2, -0.15) is 0 Å². The molecule has 152 valence electrons. The monoisotopic (exact) mass is 599 g/mol. The van der Waals surface area contributed by atoms with Crippen LogP contribution in [-0.2, 0) is 0 Å². The van der Waals surface area contributed by atoms with Crippen LogP contribution in [0, 0.1) is 72.0 Å². The molecule has 31 heavy (non-hydrogen) atoms. The molecule has 0 saturated heterocycles. The molecule has 7 nitrogen and oxygen atoms in total. The van der Waals surface area contributed by atoms with E-state index in [2.05, 4.69) is 32.1 Å². The van der Waals surface area contributed by atoms with E-state index in [1.165, 1.54) is 0 Å². The average molecular weight is 600 g/mol. The van der Waals surface area contributed by atoms with Crippen molar-refractivity contribution in [3.8, 4) is 72.0 Å². The van der Waals surface area contributed by atoms with E-state index >= 15 is 0 Å². The summed E-state index contributed by atoms with van der Waals surface area (Å²) in [6.45, 7) is 0. The summed E-state index contributed by atoms with van der Waals surface area (Å²) >= 11 is 0. The minimum atomic E-state index is 0. The maximum atomic E-state index is 5.20. The van der Waals surface area contributed by atoms with Gasteiger partial charge in [0.15, 0.2) is 0 Å². The van der Waals surface area contributed by atoms with Crippen LogP contribution in [0.3, 0.4) is 0 Å². The van der Waals surface area contributed by atoms with Gasteiger partial charge in [-0.05, 0) is 0 Å². The predicted molar refractivity (Wildman–Crippen MR) is 152 cm³/mol. The van der Waals surface area contributed by atoms with Crippen LogP contribution in [0.2, 0.25) is 0 Å². The molecule has 0 amide bonds. The predicted octanol–water partition coefficient (Wildman–Crippen LogP) is -5.72. The average Bonchev–Trinajstić information content (AvgIpc) is 2.74. The lowest BCUT2D eigenvalue weighted by Gasteiger charge is -1.92. The van der Waals surface area contributed by atoms with E-state index in [4.69, 9.17) is 60.0 Å². The fourth-order valence-corrected chi connectivity index (χ4v) is 2.76. The van der Waals surface area contributed by atoms with Crippen molar-refractivity contribution in [3.63, 3.8) is 0 Å². The van der Waals surface area contributed by atoms with Crippen molar-refractivity contribution in [2.45, 2.75) is 0 Å².